The highest BCUT2D eigenvalue weighted by molar-refractivity contribution is 7.80. The van der Waals surface area contributed by atoms with Crippen molar-refractivity contribution in [2.24, 2.45) is 23.5 Å². The number of amides is 1. The largest absolute Gasteiger partial charge is 0.393 e. The Balaban J connectivity index is 1.83. The lowest BCUT2D eigenvalue weighted by molar-refractivity contribution is -0.133. The van der Waals surface area contributed by atoms with Crippen LogP contribution in [0.3, 0.4) is 0 Å². The molecule has 0 heterocycles. The minimum absolute atomic E-state index is 0.246. The molecule has 2 aliphatic rings. The summed E-state index contributed by atoms with van der Waals surface area (Å²) in [6.45, 7) is 1.83. The van der Waals surface area contributed by atoms with E-state index < -0.39 is 0 Å². The van der Waals surface area contributed by atoms with Gasteiger partial charge in [-0.05, 0) is 37.0 Å². The molecule has 2 aliphatic carbocycles. The second-order valence-electron chi connectivity index (χ2n) is 6.23. The van der Waals surface area contributed by atoms with E-state index >= 15 is 0 Å². The first-order valence-corrected chi connectivity index (χ1v) is 8.06. The maximum absolute atomic E-state index is 12.5. The number of hydrogen-bond acceptors (Lipinski definition) is 3. The number of carbonyl (C=O) groups excluding carboxylic acids is 1. The molecule has 0 aromatic carbocycles. The van der Waals surface area contributed by atoms with Crippen LogP contribution in [0, 0.1) is 17.8 Å². The normalized spacial score (nSPS) is 27.8. The summed E-state index contributed by atoms with van der Waals surface area (Å²) in [6.07, 6.45) is 6.61. The first-order chi connectivity index (χ1) is 9.60. The van der Waals surface area contributed by atoms with Crippen molar-refractivity contribution in [2.45, 2.75) is 38.5 Å². The smallest absolute Gasteiger partial charge is 0.222 e. The predicted molar refractivity (Wildman–Crippen MR) is 83.4 cm³/mol. The average molecular weight is 298 g/mol. The molecule has 2 rings (SSSR count). The molecule has 0 radical (unpaired) electrons. The van der Waals surface area contributed by atoms with Gasteiger partial charge in [-0.25, -0.2) is 0 Å². The van der Waals surface area contributed by atoms with Gasteiger partial charge in [-0.2, -0.15) is 0 Å². The summed E-state index contributed by atoms with van der Waals surface area (Å²) in [5, 5.41) is 0. The number of hydrogen-bond donors (Lipinski definition) is 1. The SMILES string of the molecule is COCCN(CCC(N)=S)C(=O)CC1CC2CCC1C2. The molecule has 1 amide bonds. The van der Waals surface area contributed by atoms with E-state index in [-0.39, 0.29) is 5.91 Å². The van der Waals surface area contributed by atoms with Crippen molar-refractivity contribution in [1.82, 2.24) is 4.90 Å². The van der Waals surface area contributed by atoms with E-state index in [1.54, 1.807) is 7.11 Å². The molecule has 2 bridgehead atoms. The molecule has 0 spiro atoms. The van der Waals surface area contributed by atoms with Crippen LogP contribution in [0.15, 0.2) is 0 Å². The van der Waals surface area contributed by atoms with Crippen LogP contribution in [-0.4, -0.2) is 42.6 Å². The van der Waals surface area contributed by atoms with Crippen LogP contribution in [-0.2, 0) is 9.53 Å². The Labute approximate surface area is 127 Å². The Kier molecular flexibility index (Phi) is 5.78. The molecule has 2 saturated carbocycles. The first kappa shape index (κ1) is 15.7. The molecular weight excluding hydrogens is 272 g/mol. The van der Waals surface area contributed by atoms with Gasteiger partial charge in [0.25, 0.3) is 0 Å². The van der Waals surface area contributed by atoms with Crippen LogP contribution in [0.5, 0.6) is 0 Å². The van der Waals surface area contributed by atoms with Crippen molar-refractivity contribution in [3.63, 3.8) is 0 Å². The fourth-order valence-electron chi connectivity index (χ4n) is 3.79. The molecule has 0 aromatic rings. The molecule has 2 N–H and O–H groups in total. The second-order valence-corrected chi connectivity index (χ2v) is 6.75. The van der Waals surface area contributed by atoms with Gasteiger partial charge in [-0.15, -0.1) is 0 Å². The lowest BCUT2D eigenvalue weighted by Gasteiger charge is -2.27. The van der Waals surface area contributed by atoms with Gasteiger partial charge in [0.2, 0.25) is 5.91 Å². The standard InChI is InChI=1S/C15H26N2O2S/c1-19-7-6-17(5-4-14(16)20)15(18)10-13-9-11-2-3-12(13)8-11/h11-13H,2-10H2,1H3,(H2,16,20). The highest BCUT2D eigenvalue weighted by Gasteiger charge is 2.40. The summed E-state index contributed by atoms with van der Waals surface area (Å²) < 4.78 is 5.09. The van der Waals surface area contributed by atoms with E-state index in [0.29, 0.717) is 43.4 Å². The molecule has 5 heteroatoms. The minimum atomic E-state index is 0.246. The van der Waals surface area contributed by atoms with Crippen molar-refractivity contribution < 1.29 is 9.53 Å². The molecule has 2 fully saturated rings. The van der Waals surface area contributed by atoms with Crippen molar-refractivity contribution in [3.05, 3.63) is 0 Å². The lowest BCUT2D eigenvalue weighted by atomic mass is 9.86. The third-order valence-corrected chi connectivity index (χ3v) is 5.07. The maximum Gasteiger partial charge on any atom is 0.222 e. The maximum atomic E-state index is 12.5. The number of thiocarbonyl (C=S) groups is 1. The molecular formula is C15H26N2O2S. The highest BCUT2D eigenvalue weighted by Crippen LogP contribution is 2.49. The zero-order valence-electron chi connectivity index (χ0n) is 12.3. The lowest BCUT2D eigenvalue weighted by Crippen LogP contribution is -2.37. The van der Waals surface area contributed by atoms with E-state index in [1.807, 2.05) is 4.90 Å². The highest BCUT2D eigenvalue weighted by atomic mass is 32.1. The van der Waals surface area contributed by atoms with Gasteiger partial charge in [0.05, 0.1) is 11.6 Å². The molecule has 20 heavy (non-hydrogen) atoms. The van der Waals surface area contributed by atoms with Crippen molar-refractivity contribution >= 4 is 23.1 Å². The molecule has 3 unspecified atom stereocenters. The summed E-state index contributed by atoms with van der Waals surface area (Å²) in [7, 11) is 1.66. The summed E-state index contributed by atoms with van der Waals surface area (Å²) in [5.41, 5.74) is 5.54. The Hall–Kier alpha value is -0.680. The number of carbonyl (C=O) groups is 1. The van der Waals surface area contributed by atoms with Gasteiger partial charge in [0.1, 0.15) is 0 Å². The quantitative estimate of drug-likeness (QED) is 0.696. The fraction of sp³-hybridized carbons (Fsp3) is 0.867. The summed E-state index contributed by atoms with van der Waals surface area (Å²) in [5.74, 6) is 2.54. The van der Waals surface area contributed by atoms with Gasteiger partial charge in [-0.1, -0.05) is 18.6 Å². The number of nitrogens with two attached hydrogens (primary N) is 1. The van der Waals surface area contributed by atoms with Gasteiger partial charge in [0.15, 0.2) is 0 Å². The zero-order chi connectivity index (χ0) is 14.5. The average Bonchev–Trinajstić information content (AvgIpc) is 3.00. The van der Waals surface area contributed by atoms with Crippen LogP contribution in [0.4, 0.5) is 0 Å². The van der Waals surface area contributed by atoms with Gasteiger partial charge < -0.3 is 15.4 Å². The van der Waals surface area contributed by atoms with Crippen molar-refractivity contribution in [3.8, 4) is 0 Å². The molecule has 114 valence electrons. The summed E-state index contributed by atoms with van der Waals surface area (Å²) in [4.78, 5) is 14.8. The van der Waals surface area contributed by atoms with Crippen molar-refractivity contribution in [1.29, 1.82) is 0 Å². The topological polar surface area (TPSA) is 55.6 Å². The van der Waals surface area contributed by atoms with Crippen LogP contribution < -0.4 is 5.73 Å². The third-order valence-electron chi connectivity index (χ3n) is 4.87. The summed E-state index contributed by atoms with van der Waals surface area (Å²) in [6, 6.07) is 0. The molecule has 4 nitrogen and oxygen atoms in total. The molecule has 0 saturated heterocycles. The van der Waals surface area contributed by atoms with E-state index in [9.17, 15) is 4.79 Å². The Morgan fingerprint density at radius 3 is 2.70 bits per heavy atom. The predicted octanol–water partition coefficient (Wildman–Crippen LogP) is 1.96. The van der Waals surface area contributed by atoms with Gasteiger partial charge in [0, 0.05) is 33.0 Å². The number of ether oxygens (including phenoxy) is 1. The van der Waals surface area contributed by atoms with Crippen LogP contribution in [0.25, 0.3) is 0 Å². The number of nitrogens with zero attached hydrogens (tertiary/aromatic N) is 1. The van der Waals surface area contributed by atoms with Gasteiger partial charge >= 0.3 is 0 Å². The molecule has 0 aromatic heterocycles. The van der Waals surface area contributed by atoms with Crippen LogP contribution >= 0.6 is 12.2 Å². The van der Waals surface area contributed by atoms with E-state index in [2.05, 4.69) is 0 Å². The Morgan fingerprint density at radius 2 is 2.15 bits per heavy atom. The Morgan fingerprint density at radius 1 is 1.35 bits per heavy atom. The van der Waals surface area contributed by atoms with Gasteiger partial charge in [-0.3, -0.25) is 4.79 Å². The van der Waals surface area contributed by atoms with Crippen LogP contribution in [0.1, 0.15) is 38.5 Å². The monoisotopic (exact) mass is 298 g/mol. The summed E-state index contributed by atoms with van der Waals surface area (Å²) >= 11 is 4.91. The number of fused-ring (bicyclic) bond motifs is 2. The van der Waals surface area contributed by atoms with E-state index in [1.165, 1.54) is 25.7 Å². The van der Waals surface area contributed by atoms with E-state index in [4.69, 9.17) is 22.7 Å². The minimum Gasteiger partial charge on any atom is -0.393 e. The third kappa shape index (κ3) is 4.16. The number of methoxy groups -OCH3 is 1. The Bertz CT molecular complexity index is 362. The first-order valence-electron chi connectivity index (χ1n) is 7.65. The second kappa shape index (κ2) is 7.36. The van der Waals surface area contributed by atoms with Crippen molar-refractivity contribution in [2.75, 3.05) is 26.8 Å². The van der Waals surface area contributed by atoms with E-state index in [0.717, 1.165) is 11.8 Å². The zero-order valence-corrected chi connectivity index (χ0v) is 13.2. The molecule has 0 aliphatic heterocycles. The fourth-order valence-corrected chi connectivity index (χ4v) is 3.88. The molecule has 3 atom stereocenters. The van der Waals surface area contributed by atoms with Crippen LogP contribution in [0.2, 0.25) is 0 Å². The number of rotatable bonds is 8.